The van der Waals surface area contributed by atoms with Gasteiger partial charge >= 0.3 is 6.09 Å². The van der Waals surface area contributed by atoms with E-state index in [4.69, 9.17) is 23.2 Å². The zero-order chi connectivity index (χ0) is 27.8. The molecule has 2 aromatic carbocycles. The lowest BCUT2D eigenvalue weighted by molar-refractivity contribution is -0.130. The Morgan fingerprint density at radius 1 is 1.16 bits per heavy atom. The highest BCUT2D eigenvalue weighted by molar-refractivity contribution is 6.30. The van der Waals surface area contributed by atoms with Crippen LogP contribution in [0, 0.1) is 11.8 Å². The van der Waals surface area contributed by atoms with Gasteiger partial charge in [-0.2, -0.15) is 0 Å². The smallest absolute Gasteiger partial charge is 0.408 e. The molecule has 10 heteroatoms. The number of nitrogens with one attached hydrogen (secondary N) is 2. The topological polar surface area (TPSA) is 116 Å². The third-order valence-electron chi connectivity index (χ3n) is 6.63. The van der Waals surface area contributed by atoms with E-state index in [1.165, 1.54) is 0 Å². The maximum atomic E-state index is 13.6. The van der Waals surface area contributed by atoms with Gasteiger partial charge < -0.3 is 20.5 Å². The van der Waals surface area contributed by atoms with Gasteiger partial charge in [0.25, 0.3) is 0 Å². The zero-order valence-corrected chi connectivity index (χ0v) is 22.9. The molecule has 3 amide bonds. The van der Waals surface area contributed by atoms with E-state index in [1.54, 1.807) is 42.5 Å². The second kappa shape index (κ2) is 13.6. The Kier molecular flexibility index (Phi) is 10.6. The third-order valence-corrected chi connectivity index (χ3v) is 7.10. The standard InChI is InChI=1S/C28H33Cl2N3O5/c1-17(2)11-25(27(36)32-23(16-34)15-20-9-10-31-26(20)35)33(28(37)38)24(19-6-4-8-22(30)14-19)13-18-5-3-7-21(29)12-18/h3-8,12,14,16-17,20,23-25H,9-11,13,15H2,1-2H3,(H,31,35)(H,32,36)(H,37,38)/t20-,23-,24?,25-/m0/s1. The molecule has 1 fully saturated rings. The van der Waals surface area contributed by atoms with Gasteiger partial charge in [-0.15, -0.1) is 0 Å². The van der Waals surface area contributed by atoms with E-state index in [2.05, 4.69) is 10.6 Å². The zero-order valence-electron chi connectivity index (χ0n) is 21.4. The molecule has 0 spiro atoms. The Hall–Kier alpha value is -3.10. The Labute approximate surface area is 232 Å². The van der Waals surface area contributed by atoms with Crippen LogP contribution in [0.3, 0.4) is 0 Å². The van der Waals surface area contributed by atoms with E-state index in [-0.39, 0.29) is 37.0 Å². The number of carbonyl (C=O) groups excluding carboxylic acids is 3. The minimum atomic E-state index is -1.28. The molecule has 2 aromatic rings. The van der Waals surface area contributed by atoms with Crippen LogP contribution in [0.2, 0.25) is 10.0 Å². The lowest BCUT2D eigenvalue weighted by Crippen LogP contribution is -2.54. The second-order valence-electron chi connectivity index (χ2n) is 10.0. The number of benzene rings is 2. The van der Waals surface area contributed by atoms with E-state index >= 15 is 0 Å². The molecule has 38 heavy (non-hydrogen) atoms. The summed E-state index contributed by atoms with van der Waals surface area (Å²) >= 11 is 12.5. The molecular formula is C28H33Cl2N3O5. The van der Waals surface area contributed by atoms with Crippen LogP contribution in [0.25, 0.3) is 0 Å². The Balaban J connectivity index is 1.97. The summed E-state index contributed by atoms with van der Waals surface area (Å²) in [5, 5.41) is 16.8. The summed E-state index contributed by atoms with van der Waals surface area (Å²) in [6, 6.07) is 11.2. The van der Waals surface area contributed by atoms with Crippen molar-refractivity contribution in [1.82, 2.24) is 15.5 Å². The Morgan fingerprint density at radius 3 is 2.39 bits per heavy atom. The highest BCUT2D eigenvalue weighted by atomic mass is 35.5. The summed E-state index contributed by atoms with van der Waals surface area (Å²) in [6.07, 6.45) is 0.515. The van der Waals surface area contributed by atoms with Crippen LogP contribution < -0.4 is 10.6 Å². The van der Waals surface area contributed by atoms with E-state index in [0.29, 0.717) is 34.9 Å². The van der Waals surface area contributed by atoms with Crippen LogP contribution in [0.4, 0.5) is 4.79 Å². The molecule has 3 N–H and O–H groups in total. The summed E-state index contributed by atoms with van der Waals surface area (Å²) in [6.45, 7) is 4.31. The molecule has 8 nitrogen and oxygen atoms in total. The van der Waals surface area contributed by atoms with Crippen LogP contribution in [0.15, 0.2) is 48.5 Å². The van der Waals surface area contributed by atoms with Crippen LogP contribution in [-0.2, 0) is 20.8 Å². The van der Waals surface area contributed by atoms with Crippen molar-refractivity contribution in [2.24, 2.45) is 11.8 Å². The summed E-state index contributed by atoms with van der Waals surface area (Å²) in [5.74, 6) is -1.16. The van der Waals surface area contributed by atoms with Crippen LogP contribution in [0.5, 0.6) is 0 Å². The molecule has 1 aliphatic rings. The third kappa shape index (κ3) is 7.95. The number of amides is 3. The second-order valence-corrected chi connectivity index (χ2v) is 10.9. The number of nitrogens with zero attached hydrogens (tertiary/aromatic N) is 1. The van der Waals surface area contributed by atoms with Crippen molar-refractivity contribution in [3.8, 4) is 0 Å². The van der Waals surface area contributed by atoms with Crippen molar-refractivity contribution in [2.45, 2.75) is 57.7 Å². The van der Waals surface area contributed by atoms with Gasteiger partial charge in [0, 0.05) is 22.5 Å². The molecule has 0 aromatic heterocycles. The monoisotopic (exact) mass is 561 g/mol. The highest BCUT2D eigenvalue weighted by Crippen LogP contribution is 2.32. The maximum Gasteiger partial charge on any atom is 0.408 e. The first-order valence-corrected chi connectivity index (χ1v) is 13.4. The van der Waals surface area contributed by atoms with Gasteiger partial charge in [-0.1, -0.05) is 61.3 Å². The average molecular weight is 562 g/mol. The molecule has 0 radical (unpaired) electrons. The fraction of sp³-hybridized carbons (Fsp3) is 0.429. The van der Waals surface area contributed by atoms with E-state index < -0.39 is 30.1 Å². The summed E-state index contributed by atoms with van der Waals surface area (Å²) in [4.78, 5) is 51.5. The van der Waals surface area contributed by atoms with Gasteiger partial charge in [-0.25, -0.2) is 4.79 Å². The van der Waals surface area contributed by atoms with E-state index in [0.717, 1.165) is 10.5 Å². The van der Waals surface area contributed by atoms with E-state index in [1.807, 2.05) is 19.9 Å². The van der Waals surface area contributed by atoms with E-state index in [9.17, 15) is 24.3 Å². The normalized spacial score (nSPS) is 17.4. The quantitative estimate of drug-likeness (QED) is 0.319. The molecule has 1 aliphatic heterocycles. The fourth-order valence-corrected chi connectivity index (χ4v) is 5.27. The molecule has 0 bridgehead atoms. The number of aldehydes is 1. The van der Waals surface area contributed by atoms with Crippen molar-refractivity contribution >= 4 is 47.4 Å². The average Bonchev–Trinajstić information content (AvgIpc) is 3.26. The Morgan fingerprint density at radius 2 is 1.84 bits per heavy atom. The van der Waals surface area contributed by atoms with Crippen LogP contribution in [-0.4, -0.2) is 52.8 Å². The van der Waals surface area contributed by atoms with Crippen LogP contribution in [0.1, 0.15) is 50.3 Å². The van der Waals surface area contributed by atoms with Gasteiger partial charge in [0.1, 0.15) is 12.3 Å². The molecule has 0 saturated carbocycles. The SMILES string of the molecule is CC(C)C[C@@H](C(=O)N[C@H](C=O)C[C@@H]1CCNC1=O)N(C(=O)O)C(Cc1cccc(Cl)c1)c1cccc(Cl)c1. The van der Waals surface area contributed by atoms with Crippen molar-refractivity contribution in [3.05, 3.63) is 69.7 Å². The predicted octanol–water partition coefficient (Wildman–Crippen LogP) is 4.88. The lowest BCUT2D eigenvalue weighted by atomic mass is 9.93. The van der Waals surface area contributed by atoms with Crippen molar-refractivity contribution < 1.29 is 24.3 Å². The van der Waals surface area contributed by atoms with Gasteiger partial charge in [0.05, 0.1) is 12.1 Å². The van der Waals surface area contributed by atoms with Crippen molar-refractivity contribution in [3.63, 3.8) is 0 Å². The first-order valence-electron chi connectivity index (χ1n) is 12.6. The summed E-state index contributed by atoms with van der Waals surface area (Å²) in [7, 11) is 0. The number of hydrogen-bond donors (Lipinski definition) is 3. The fourth-order valence-electron chi connectivity index (χ4n) is 4.86. The molecule has 4 atom stereocenters. The lowest BCUT2D eigenvalue weighted by Gasteiger charge is -2.37. The summed E-state index contributed by atoms with van der Waals surface area (Å²) < 4.78 is 0. The van der Waals surface area contributed by atoms with Gasteiger partial charge in [-0.3, -0.25) is 14.5 Å². The number of hydrogen-bond acceptors (Lipinski definition) is 4. The number of carboxylic acid groups (broad SMARTS) is 1. The molecular weight excluding hydrogens is 529 g/mol. The summed E-state index contributed by atoms with van der Waals surface area (Å²) in [5.41, 5.74) is 1.41. The minimum Gasteiger partial charge on any atom is -0.465 e. The van der Waals surface area contributed by atoms with Gasteiger partial charge in [0.15, 0.2) is 0 Å². The minimum absolute atomic E-state index is 0.0333. The molecule has 0 aliphatic carbocycles. The largest absolute Gasteiger partial charge is 0.465 e. The molecule has 1 unspecified atom stereocenters. The predicted molar refractivity (Wildman–Crippen MR) is 146 cm³/mol. The number of halogens is 2. The molecule has 1 saturated heterocycles. The van der Waals surface area contributed by atoms with Gasteiger partial charge in [0.2, 0.25) is 11.8 Å². The first kappa shape index (κ1) is 29.5. The first-order chi connectivity index (χ1) is 18.1. The maximum absolute atomic E-state index is 13.6. The van der Waals surface area contributed by atoms with Crippen molar-refractivity contribution in [1.29, 1.82) is 0 Å². The number of rotatable bonds is 12. The Bertz CT molecular complexity index is 1160. The van der Waals surface area contributed by atoms with Crippen LogP contribution >= 0.6 is 23.2 Å². The molecule has 204 valence electrons. The number of carbonyl (C=O) groups is 4. The van der Waals surface area contributed by atoms with Crippen molar-refractivity contribution in [2.75, 3.05) is 6.54 Å². The van der Waals surface area contributed by atoms with Gasteiger partial charge in [-0.05, 0) is 67.0 Å². The highest BCUT2D eigenvalue weighted by Gasteiger charge is 2.38. The molecule has 3 rings (SSSR count). The molecule has 1 heterocycles.